The smallest absolute Gasteiger partial charge is 0.226 e. The van der Waals surface area contributed by atoms with Gasteiger partial charge in [-0.1, -0.05) is 33.1 Å². The second-order valence-electron chi connectivity index (χ2n) is 4.68. The minimum absolute atomic E-state index is 0.0654. The molecule has 0 aliphatic heterocycles. The Hall–Kier alpha value is -1.04. The molecular formula is C12H20N2O. The predicted molar refractivity (Wildman–Crippen MR) is 59.0 cm³/mol. The van der Waals surface area contributed by atoms with Gasteiger partial charge in [0.25, 0.3) is 0 Å². The molecule has 1 unspecified atom stereocenters. The van der Waals surface area contributed by atoms with Crippen molar-refractivity contribution in [3.05, 3.63) is 0 Å². The highest BCUT2D eigenvalue weighted by Crippen LogP contribution is 2.35. The normalized spacial score (nSPS) is 21.4. The van der Waals surface area contributed by atoms with E-state index in [0.29, 0.717) is 6.42 Å². The van der Waals surface area contributed by atoms with Crippen molar-refractivity contribution < 1.29 is 4.79 Å². The van der Waals surface area contributed by atoms with Gasteiger partial charge >= 0.3 is 0 Å². The minimum atomic E-state index is -0.323. The number of hydrogen-bond acceptors (Lipinski definition) is 2. The molecule has 1 aliphatic carbocycles. The number of carbonyl (C=O) groups is 1. The molecule has 3 heteroatoms. The third-order valence-electron chi connectivity index (χ3n) is 3.37. The summed E-state index contributed by atoms with van der Waals surface area (Å²) in [6, 6.07) is 1.78. The molecule has 1 atom stereocenters. The summed E-state index contributed by atoms with van der Waals surface area (Å²) in [5.41, 5.74) is -0.234. The van der Waals surface area contributed by atoms with Gasteiger partial charge in [-0.05, 0) is 19.3 Å². The number of carbonyl (C=O) groups excluding carboxylic acids is 1. The van der Waals surface area contributed by atoms with Crippen LogP contribution >= 0.6 is 0 Å². The number of nitrogens with one attached hydrogen (secondary N) is 1. The van der Waals surface area contributed by atoms with Gasteiger partial charge in [0.2, 0.25) is 5.91 Å². The molecule has 0 aromatic carbocycles. The lowest BCUT2D eigenvalue weighted by Gasteiger charge is -2.32. The van der Waals surface area contributed by atoms with Gasteiger partial charge in [0.05, 0.1) is 6.07 Å². The van der Waals surface area contributed by atoms with Gasteiger partial charge in [0.15, 0.2) is 0 Å². The topological polar surface area (TPSA) is 52.9 Å². The van der Waals surface area contributed by atoms with E-state index in [4.69, 9.17) is 5.26 Å². The summed E-state index contributed by atoms with van der Waals surface area (Å²) in [6.45, 7) is 3.93. The fraction of sp³-hybridized carbons (Fsp3) is 0.833. The maximum atomic E-state index is 12.0. The van der Waals surface area contributed by atoms with Crippen LogP contribution in [0.5, 0.6) is 0 Å². The largest absolute Gasteiger partial charge is 0.340 e. The Morgan fingerprint density at radius 2 is 2.07 bits per heavy atom. The third kappa shape index (κ3) is 2.95. The number of nitriles is 1. The average molecular weight is 208 g/mol. The van der Waals surface area contributed by atoms with Crippen LogP contribution in [0.25, 0.3) is 0 Å². The molecule has 3 nitrogen and oxygen atoms in total. The van der Waals surface area contributed by atoms with E-state index < -0.39 is 0 Å². The van der Waals surface area contributed by atoms with Gasteiger partial charge in [0.1, 0.15) is 6.04 Å². The maximum Gasteiger partial charge on any atom is 0.226 e. The van der Waals surface area contributed by atoms with Crippen LogP contribution in [0.2, 0.25) is 0 Å². The zero-order valence-corrected chi connectivity index (χ0v) is 9.68. The quantitative estimate of drug-likeness (QED) is 0.774. The zero-order chi connectivity index (χ0) is 11.3. The van der Waals surface area contributed by atoms with Crippen molar-refractivity contribution in [3.63, 3.8) is 0 Å². The van der Waals surface area contributed by atoms with Gasteiger partial charge in [-0.25, -0.2) is 0 Å². The van der Waals surface area contributed by atoms with E-state index in [1.54, 1.807) is 0 Å². The van der Waals surface area contributed by atoms with E-state index >= 15 is 0 Å². The second-order valence-corrected chi connectivity index (χ2v) is 4.68. The summed E-state index contributed by atoms with van der Waals surface area (Å²) in [6.07, 6.45) is 6.10. The first-order valence-electron chi connectivity index (χ1n) is 5.83. The molecule has 1 saturated carbocycles. The van der Waals surface area contributed by atoms with Crippen molar-refractivity contribution >= 4 is 5.91 Å². The Balaban J connectivity index is 2.55. The Kier molecular flexibility index (Phi) is 4.14. The second kappa shape index (κ2) is 5.16. The lowest BCUT2D eigenvalue weighted by molar-refractivity contribution is -0.132. The molecule has 0 saturated heterocycles. The van der Waals surface area contributed by atoms with Gasteiger partial charge in [0, 0.05) is 5.41 Å². The standard InChI is InChI=1S/C12H20N2O/c1-3-10(9-13)14-11(15)12(2)7-5-4-6-8-12/h10H,3-8H2,1-2H3,(H,14,15). The summed E-state index contributed by atoms with van der Waals surface area (Å²) in [5.74, 6) is 0.0654. The Morgan fingerprint density at radius 3 is 2.53 bits per heavy atom. The highest BCUT2D eigenvalue weighted by atomic mass is 16.2. The molecular weight excluding hydrogens is 188 g/mol. The Bertz CT molecular complexity index is 261. The molecule has 15 heavy (non-hydrogen) atoms. The average Bonchev–Trinajstić information content (AvgIpc) is 2.26. The van der Waals surface area contributed by atoms with E-state index in [-0.39, 0.29) is 17.4 Å². The molecule has 0 bridgehead atoms. The van der Waals surface area contributed by atoms with Crippen LogP contribution in [-0.4, -0.2) is 11.9 Å². The van der Waals surface area contributed by atoms with Crippen molar-refractivity contribution in [1.29, 1.82) is 5.26 Å². The lowest BCUT2D eigenvalue weighted by atomic mass is 9.75. The number of amides is 1. The minimum Gasteiger partial charge on any atom is -0.340 e. The number of hydrogen-bond donors (Lipinski definition) is 1. The Morgan fingerprint density at radius 1 is 1.47 bits per heavy atom. The molecule has 1 rings (SSSR count). The zero-order valence-electron chi connectivity index (χ0n) is 9.68. The lowest BCUT2D eigenvalue weighted by Crippen LogP contribution is -2.44. The molecule has 0 radical (unpaired) electrons. The van der Waals surface area contributed by atoms with Crippen molar-refractivity contribution in [1.82, 2.24) is 5.32 Å². The van der Waals surface area contributed by atoms with E-state index in [0.717, 1.165) is 25.7 Å². The molecule has 0 aromatic rings. The van der Waals surface area contributed by atoms with Crippen LogP contribution in [0.3, 0.4) is 0 Å². The van der Waals surface area contributed by atoms with E-state index in [9.17, 15) is 4.79 Å². The van der Waals surface area contributed by atoms with Crippen molar-refractivity contribution in [2.24, 2.45) is 5.41 Å². The first-order chi connectivity index (χ1) is 7.12. The molecule has 0 spiro atoms. The van der Waals surface area contributed by atoms with Gasteiger partial charge < -0.3 is 5.32 Å². The summed E-state index contributed by atoms with van der Waals surface area (Å²) < 4.78 is 0. The molecule has 1 amide bonds. The van der Waals surface area contributed by atoms with Gasteiger partial charge in [-0.2, -0.15) is 5.26 Å². The van der Waals surface area contributed by atoms with Crippen molar-refractivity contribution in [3.8, 4) is 6.07 Å². The fourth-order valence-electron chi connectivity index (χ4n) is 2.12. The van der Waals surface area contributed by atoms with Crippen LogP contribution in [0.4, 0.5) is 0 Å². The summed E-state index contributed by atoms with van der Waals surface area (Å²) >= 11 is 0. The molecule has 1 N–H and O–H groups in total. The van der Waals surface area contributed by atoms with E-state index in [1.807, 2.05) is 13.8 Å². The first kappa shape index (κ1) is 12.0. The maximum absolute atomic E-state index is 12.0. The van der Waals surface area contributed by atoms with Crippen LogP contribution in [0, 0.1) is 16.7 Å². The van der Waals surface area contributed by atoms with Crippen LogP contribution in [0.1, 0.15) is 52.4 Å². The fourth-order valence-corrected chi connectivity index (χ4v) is 2.12. The predicted octanol–water partition coefficient (Wildman–Crippen LogP) is 2.38. The SMILES string of the molecule is CCC(C#N)NC(=O)C1(C)CCCCC1. The van der Waals surface area contributed by atoms with Crippen molar-refractivity contribution in [2.75, 3.05) is 0 Å². The van der Waals surface area contributed by atoms with Gasteiger partial charge in [-0.3, -0.25) is 4.79 Å². The highest BCUT2D eigenvalue weighted by molar-refractivity contribution is 5.82. The van der Waals surface area contributed by atoms with Crippen molar-refractivity contribution in [2.45, 2.75) is 58.4 Å². The van der Waals surface area contributed by atoms with Crippen LogP contribution < -0.4 is 5.32 Å². The summed E-state index contributed by atoms with van der Waals surface area (Å²) in [4.78, 5) is 12.0. The molecule has 0 aromatic heterocycles. The summed E-state index contributed by atoms with van der Waals surface area (Å²) in [7, 11) is 0. The van der Waals surface area contributed by atoms with Crippen LogP contribution in [0.15, 0.2) is 0 Å². The third-order valence-corrected chi connectivity index (χ3v) is 3.37. The highest BCUT2D eigenvalue weighted by Gasteiger charge is 2.35. The number of rotatable bonds is 3. The summed E-state index contributed by atoms with van der Waals surface area (Å²) in [5, 5.41) is 11.6. The van der Waals surface area contributed by atoms with E-state index in [2.05, 4.69) is 11.4 Å². The van der Waals surface area contributed by atoms with Gasteiger partial charge in [-0.15, -0.1) is 0 Å². The first-order valence-corrected chi connectivity index (χ1v) is 5.83. The molecule has 1 fully saturated rings. The molecule has 84 valence electrons. The molecule has 1 aliphatic rings. The number of nitrogens with zero attached hydrogens (tertiary/aromatic N) is 1. The van der Waals surface area contributed by atoms with E-state index in [1.165, 1.54) is 6.42 Å². The van der Waals surface area contributed by atoms with Crippen LogP contribution in [-0.2, 0) is 4.79 Å². The molecule has 0 heterocycles. The Labute approximate surface area is 91.9 Å². The monoisotopic (exact) mass is 208 g/mol.